The minimum absolute atomic E-state index is 0.0190. The quantitative estimate of drug-likeness (QED) is 0.431. The highest BCUT2D eigenvalue weighted by Crippen LogP contribution is 2.22. The zero-order valence-electron chi connectivity index (χ0n) is 16.6. The molecule has 0 aliphatic rings. The Kier molecular flexibility index (Phi) is 6.65. The Morgan fingerprint density at radius 3 is 2.63 bits per heavy atom. The van der Waals surface area contributed by atoms with Gasteiger partial charge in [-0.05, 0) is 23.5 Å². The van der Waals surface area contributed by atoms with Crippen molar-refractivity contribution >= 4 is 23.5 Å². The van der Waals surface area contributed by atoms with Gasteiger partial charge < -0.3 is 14.2 Å². The van der Waals surface area contributed by atoms with Gasteiger partial charge in [0.25, 0.3) is 0 Å². The summed E-state index contributed by atoms with van der Waals surface area (Å²) in [4.78, 5) is 8.30. The van der Waals surface area contributed by atoms with Crippen LogP contribution in [0.4, 0.5) is 13.2 Å². The number of alkyl halides is 2. The molecule has 0 aliphatic heterocycles. The standard InChI is InChI=1S/C16H17B3F3N5O3/c17-16(18,19)29-8-9-3-4-23-15(24-9)28-7-10-6-27(26-25-10)11-1-2-12(20)13(5-11)30-14(21)22/h1-6,14H,7-8,17-19H2. The van der Waals surface area contributed by atoms with E-state index in [1.165, 1.54) is 16.9 Å². The van der Waals surface area contributed by atoms with Crippen LogP contribution < -0.4 is 9.47 Å². The van der Waals surface area contributed by atoms with Gasteiger partial charge in [0.05, 0.1) is 24.2 Å². The lowest BCUT2D eigenvalue weighted by Crippen LogP contribution is -2.33. The largest absolute Gasteiger partial charge is 0.457 e. The lowest BCUT2D eigenvalue weighted by molar-refractivity contribution is -0.0521. The number of aromatic nitrogens is 5. The Balaban J connectivity index is 1.64. The third-order valence-electron chi connectivity index (χ3n) is 3.63. The molecule has 30 heavy (non-hydrogen) atoms. The Labute approximate surface area is 173 Å². The summed E-state index contributed by atoms with van der Waals surface area (Å²) in [5, 5.41) is 7.52. The smallest absolute Gasteiger partial charge is 0.387 e. The van der Waals surface area contributed by atoms with Gasteiger partial charge in [0.2, 0.25) is 0 Å². The van der Waals surface area contributed by atoms with Crippen molar-refractivity contribution in [3.8, 4) is 17.4 Å². The normalized spacial score (nSPS) is 11.6. The molecule has 1 aromatic carbocycles. The van der Waals surface area contributed by atoms with Crippen LogP contribution in [0.1, 0.15) is 11.4 Å². The van der Waals surface area contributed by atoms with Crippen LogP contribution in [0.3, 0.4) is 0 Å². The van der Waals surface area contributed by atoms with E-state index in [1.54, 1.807) is 12.3 Å². The minimum Gasteiger partial charge on any atom is -0.457 e. The first kappa shape index (κ1) is 21.7. The first-order chi connectivity index (χ1) is 14.2. The maximum absolute atomic E-state index is 13.6. The molecule has 3 rings (SSSR count). The molecule has 0 amide bonds. The Hall–Kier alpha value is -3.02. The summed E-state index contributed by atoms with van der Waals surface area (Å²) in [5.74, 6) is -1.49. The average molecular weight is 417 g/mol. The summed E-state index contributed by atoms with van der Waals surface area (Å²) in [6, 6.07) is 5.33. The van der Waals surface area contributed by atoms with Crippen LogP contribution in [0.15, 0.2) is 36.7 Å². The molecule has 0 aliphatic carbocycles. The Bertz CT molecular complexity index is 1000. The van der Waals surface area contributed by atoms with Crippen molar-refractivity contribution < 1.29 is 27.4 Å². The molecule has 8 nitrogen and oxygen atoms in total. The highest BCUT2D eigenvalue weighted by atomic mass is 19.3. The second-order valence-corrected chi connectivity index (χ2v) is 7.17. The van der Waals surface area contributed by atoms with Crippen LogP contribution in [-0.4, -0.2) is 60.4 Å². The van der Waals surface area contributed by atoms with Crippen LogP contribution in [-0.2, 0) is 18.0 Å². The van der Waals surface area contributed by atoms with E-state index < -0.39 is 18.2 Å². The highest BCUT2D eigenvalue weighted by molar-refractivity contribution is 6.58. The third-order valence-corrected chi connectivity index (χ3v) is 3.63. The minimum atomic E-state index is -3.14. The summed E-state index contributed by atoms with van der Waals surface area (Å²) in [6.45, 7) is -2.81. The fourth-order valence-corrected chi connectivity index (χ4v) is 2.27. The van der Waals surface area contributed by atoms with E-state index in [1.807, 2.05) is 23.5 Å². The van der Waals surface area contributed by atoms with Gasteiger partial charge in [0, 0.05) is 12.3 Å². The maximum atomic E-state index is 13.6. The number of hydrogen-bond donors (Lipinski definition) is 0. The summed E-state index contributed by atoms with van der Waals surface area (Å²) in [5.41, 5.74) is 1.38. The predicted octanol–water partition coefficient (Wildman–Crippen LogP) is -0.596. The van der Waals surface area contributed by atoms with Crippen LogP contribution in [0.25, 0.3) is 5.69 Å². The van der Waals surface area contributed by atoms with E-state index in [0.717, 1.165) is 12.1 Å². The number of rotatable bonds is 9. The third kappa shape index (κ3) is 6.24. The zero-order chi connectivity index (χ0) is 21.7. The van der Waals surface area contributed by atoms with Crippen molar-refractivity contribution in [1.82, 2.24) is 25.0 Å². The lowest BCUT2D eigenvalue weighted by atomic mass is 9.52. The van der Waals surface area contributed by atoms with Crippen LogP contribution in [0, 0.1) is 5.82 Å². The molecule has 0 fully saturated rings. The number of hydrogen-bond acceptors (Lipinski definition) is 7. The summed E-state index contributed by atoms with van der Waals surface area (Å²) in [6.07, 6.45) is 3.07. The zero-order valence-corrected chi connectivity index (χ0v) is 16.6. The number of halogens is 3. The molecule has 3 aromatic rings. The molecule has 154 valence electrons. The summed E-state index contributed by atoms with van der Waals surface area (Å²) in [7, 11) is 5.83. The van der Waals surface area contributed by atoms with Crippen molar-refractivity contribution in [2.24, 2.45) is 0 Å². The van der Waals surface area contributed by atoms with Crippen molar-refractivity contribution in [2.45, 2.75) is 25.1 Å². The number of nitrogens with zero attached hydrogens (tertiary/aromatic N) is 5. The molecule has 0 saturated carbocycles. The molecule has 14 heteroatoms. The van der Waals surface area contributed by atoms with Crippen molar-refractivity contribution in [2.75, 3.05) is 0 Å². The number of ether oxygens (including phenoxy) is 3. The lowest BCUT2D eigenvalue weighted by Gasteiger charge is -2.19. The van der Waals surface area contributed by atoms with E-state index in [2.05, 4.69) is 25.0 Å². The van der Waals surface area contributed by atoms with E-state index in [4.69, 9.17) is 9.47 Å². The van der Waals surface area contributed by atoms with Crippen molar-refractivity contribution in [3.63, 3.8) is 0 Å². The average Bonchev–Trinajstić information content (AvgIpc) is 3.15. The topological polar surface area (TPSA) is 84.2 Å². The highest BCUT2D eigenvalue weighted by Gasteiger charge is 2.14. The molecule has 0 saturated heterocycles. The van der Waals surface area contributed by atoms with Crippen molar-refractivity contribution in [3.05, 3.63) is 53.9 Å². The Morgan fingerprint density at radius 1 is 1.10 bits per heavy atom. The number of benzene rings is 1. The van der Waals surface area contributed by atoms with Gasteiger partial charge in [0.15, 0.2) is 11.6 Å². The second-order valence-electron chi connectivity index (χ2n) is 7.17. The predicted molar refractivity (Wildman–Crippen MR) is 107 cm³/mol. The van der Waals surface area contributed by atoms with Crippen LogP contribution in [0.5, 0.6) is 11.8 Å². The molecule has 0 spiro atoms. The van der Waals surface area contributed by atoms with Gasteiger partial charge in [-0.2, -0.15) is 13.8 Å². The van der Waals surface area contributed by atoms with E-state index in [0.29, 0.717) is 23.7 Å². The van der Waals surface area contributed by atoms with Crippen LogP contribution >= 0.6 is 0 Å². The molecular weight excluding hydrogens is 400 g/mol. The van der Waals surface area contributed by atoms with Gasteiger partial charge >= 0.3 is 12.6 Å². The van der Waals surface area contributed by atoms with Gasteiger partial charge in [-0.25, -0.2) is 14.1 Å². The maximum Gasteiger partial charge on any atom is 0.387 e. The fraction of sp³-hybridized carbons (Fsp3) is 0.250. The van der Waals surface area contributed by atoms with E-state index in [-0.39, 0.29) is 17.9 Å². The van der Waals surface area contributed by atoms with Gasteiger partial charge in [0.1, 0.15) is 35.8 Å². The molecule has 0 radical (unpaired) electrons. The van der Waals surface area contributed by atoms with Gasteiger partial charge in [-0.1, -0.05) is 5.21 Å². The summed E-state index contributed by atoms with van der Waals surface area (Å²) < 4.78 is 55.0. The van der Waals surface area contributed by atoms with E-state index >= 15 is 0 Å². The molecule has 2 heterocycles. The molecule has 0 atom stereocenters. The Morgan fingerprint density at radius 2 is 1.90 bits per heavy atom. The van der Waals surface area contributed by atoms with Crippen molar-refractivity contribution in [1.29, 1.82) is 0 Å². The molecule has 0 unspecified atom stereocenters. The van der Waals surface area contributed by atoms with E-state index in [9.17, 15) is 13.2 Å². The fourth-order valence-electron chi connectivity index (χ4n) is 2.27. The van der Waals surface area contributed by atoms with Gasteiger partial charge in [-0.15, -0.1) is 5.10 Å². The molecule has 0 N–H and O–H groups in total. The van der Waals surface area contributed by atoms with Gasteiger partial charge in [-0.3, -0.25) is 0 Å². The SMILES string of the molecule is BC(B)(B)OCc1ccnc(OCc2cn(-c3ccc(F)c(OC(F)F)c3)nn2)n1. The molecule has 0 bridgehead atoms. The second kappa shape index (κ2) is 9.20. The molecule has 2 aromatic heterocycles. The van der Waals surface area contributed by atoms with Crippen LogP contribution in [0.2, 0.25) is 0 Å². The first-order valence-corrected chi connectivity index (χ1v) is 8.94. The monoisotopic (exact) mass is 417 g/mol. The summed E-state index contributed by atoms with van der Waals surface area (Å²) >= 11 is 0. The first-order valence-electron chi connectivity index (χ1n) is 8.94. The molecular formula is C16H17B3F3N5O3.